The molecule has 0 atom stereocenters. The maximum atomic E-state index is 6.58. The van der Waals surface area contributed by atoms with Crippen LogP contribution in [-0.2, 0) is 0 Å². The van der Waals surface area contributed by atoms with Crippen LogP contribution in [0.4, 0.5) is 17.1 Å². The van der Waals surface area contributed by atoms with E-state index in [1.54, 1.807) is 0 Å². The lowest BCUT2D eigenvalue weighted by Crippen LogP contribution is -2.10. The van der Waals surface area contributed by atoms with E-state index in [-0.39, 0.29) is 0 Å². The molecule has 0 saturated carbocycles. The van der Waals surface area contributed by atoms with Gasteiger partial charge in [0, 0.05) is 22.1 Å². The van der Waals surface area contributed by atoms with Crippen molar-refractivity contribution in [2.24, 2.45) is 0 Å². The molecule has 0 bridgehead atoms. The van der Waals surface area contributed by atoms with Gasteiger partial charge in [0.15, 0.2) is 5.58 Å². The number of hydrogen-bond acceptors (Lipinski definition) is 2. The highest BCUT2D eigenvalue weighted by Crippen LogP contribution is 2.48. The van der Waals surface area contributed by atoms with E-state index in [0.717, 1.165) is 39.0 Å². The summed E-state index contributed by atoms with van der Waals surface area (Å²) in [4.78, 5) is 2.33. The molecule has 0 spiro atoms. The molecule has 9 aromatic rings. The summed E-state index contributed by atoms with van der Waals surface area (Å²) < 4.78 is 6.58. The Labute approximate surface area is 267 Å². The summed E-state index contributed by atoms with van der Waals surface area (Å²) in [6.07, 6.45) is 0. The van der Waals surface area contributed by atoms with E-state index in [9.17, 15) is 0 Å². The first-order valence-electron chi connectivity index (χ1n) is 15.7. The number of rotatable bonds is 5. The van der Waals surface area contributed by atoms with Gasteiger partial charge in [-0.15, -0.1) is 0 Å². The quantitative estimate of drug-likeness (QED) is 0.186. The van der Waals surface area contributed by atoms with Gasteiger partial charge in [-0.2, -0.15) is 0 Å². The molecular weight excluding hydrogens is 558 g/mol. The summed E-state index contributed by atoms with van der Waals surface area (Å²) >= 11 is 0. The first-order chi connectivity index (χ1) is 22.8. The zero-order valence-corrected chi connectivity index (χ0v) is 25.1. The highest BCUT2D eigenvalue weighted by atomic mass is 16.3. The van der Waals surface area contributed by atoms with Gasteiger partial charge in [-0.3, -0.25) is 0 Å². The Bertz CT molecular complexity index is 2510. The number of anilines is 3. The zero-order chi connectivity index (χ0) is 30.5. The fraction of sp³-hybridized carbons (Fsp3) is 0. The minimum absolute atomic E-state index is 0.874. The Hall–Kier alpha value is -6.12. The fourth-order valence-corrected chi connectivity index (χ4v) is 7.04. The van der Waals surface area contributed by atoms with Crippen LogP contribution in [0.2, 0.25) is 0 Å². The first kappa shape index (κ1) is 26.3. The number of nitrogens with zero attached hydrogens (tertiary/aromatic N) is 1. The summed E-state index contributed by atoms with van der Waals surface area (Å²) in [5.41, 5.74) is 9.79. The molecule has 0 radical (unpaired) electrons. The van der Waals surface area contributed by atoms with Crippen molar-refractivity contribution in [3.05, 3.63) is 176 Å². The molecule has 2 heteroatoms. The molecule has 46 heavy (non-hydrogen) atoms. The molecule has 2 nitrogen and oxygen atoms in total. The van der Waals surface area contributed by atoms with Crippen molar-refractivity contribution in [3.63, 3.8) is 0 Å². The molecule has 1 aromatic heterocycles. The lowest BCUT2D eigenvalue weighted by Gasteiger charge is -2.27. The zero-order valence-electron chi connectivity index (χ0n) is 25.1. The van der Waals surface area contributed by atoms with Gasteiger partial charge in [0.1, 0.15) is 5.58 Å². The summed E-state index contributed by atoms with van der Waals surface area (Å²) in [6, 6.07) is 62.6. The van der Waals surface area contributed by atoms with Crippen LogP contribution in [0.3, 0.4) is 0 Å². The predicted octanol–water partition coefficient (Wildman–Crippen LogP) is 12.7. The van der Waals surface area contributed by atoms with Gasteiger partial charge in [-0.25, -0.2) is 0 Å². The van der Waals surface area contributed by atoms with Crippen molar-refractivity contribution < 1.29 is 4.42 Å². The van der Waals surface area contributed by atoms with Gasteiger partial charge in [-0.1, -0.05) is 140 Å². The number of fused-ring (bicyclic) bond motifs is 6. The molecular formula is C44H29NO. The largest absolute Gasteiger partial charge is 0.454 e. The van der Waals surface area contributed by atoms with Crippen LogP contribution in [0.15, 0.2) is 180 Å². The van der Waals surface area contributed by atoms with E-state index in [1.807, 2.05) is 12.1 Å². The van der Waals surface area contributed by atoms with Crippen LogP contribution < -0.4 is 4.90 Å². The maximum absolute atomic E-state index is 6.58. The molecule has 0 N–H and O–H groups in total. The normalized spacial score (nSPS) is 11.5. The molecule has 0 saturated heterocycles. The standard InChI is InChI=1S/C44H29NO/c1-4-15-30(16-5-1)42-37-23-11-10-21-34(37)35-28-27-33(29-39(35)43(42)31-17-6-2-7-18-31)45(32-19-8-3-9-20-32)40-25-14-24-38-36-22-12-13-26-41(36)46-44(38)40/h1-29H. The number of benzene rings is 8. The van der Waals surface area contributed by atoms with Gasteiger partial charge >= 0.3 is 0 Å². The van der Waals surface area contributed by atoms with Crippen LogP contribution in [0.1, 0.15) is 0 Å². The highest BCUT2D eigenvalue weighted by molar-refractivity contribution is 6.22. The summed E-state index contributed by atoms with van der Waals surface area (Å²) in [7, 11) is 0. The second kappa shape index (κ2) is 10.8. The first-order valence-corrected chi connectivity index (χ1v) is 15.7. The second-order valence-electron chi connectivity index (χ2n) is 11.7. The smallest absolute Gasteiger partial charge is 0.159 e. The van der Waals surface area contributed by atoms with Crippen LogP contribution in [0.5, 0.6) is 0 Å². The van der Waals surface area contributed by atoms with Gasteiger partial charge in [0.25, 0.3) is 0 Å². The molecule has 0 amide bonds. The summed E-state index contributed by atoms with van der Waals surface area (Å²) in [5.74, 6) is 0. The van der Waals surface area contributed by atoms with E-state index in [4.69, 9.17) is 4.42 Å². The average molecular weight is 588 g/mol. The van der Waals surface area contributed by atoms with E-state index in [0.29, 0.717) is 0 Å². The van der Waals surface area contributed by atoms with E-state index in [1.165, 1.54) is 43.8 Å². The highest BCUT2D eigenvalue weighted by Gasteiger charge is 2.22. The molecule has 216 valence electrons. The topological polar surface area (TPSA) is 16.4 Å². The van der Waals surface area contributed by atoms with Gasteiger partial charge in [0.2, 0.25) is 0 Å². The minimum atomic E-state index is 0.874. The van der Waals surface area contributed by atoms with Crippen molar-refractivity contribution >= 4 is 60.5 Å². The number of para-hydroxylation sites is 3. The van der Waals surface area contributed by atoms with Crippen molar-refractivity contribution in [2.45, 2.75) is 0 Å². The molecule has 0 aliphatic heterocycles. The van der Waals surface area contributed by atoms with Crippen molar-refractivity contribution in [1.29, 1.82) is 0 Å². The Morgan fingerprint density at radius 2 is 0.891 bits per heavy atom. The summed E-state index contributed by atoms with van der Waals surface area (Å²) in [6.45, 7) is 0. The van der Waals surface area contributed by atoms with Crippen LogP contribution in [-0.4, -0.2) is 0 Å². The Morgan fingerprint density at radius 3 is 1.61 bits per heavy atom. The fourth-order valence-electron chi connectivity index (χ4n) is 7.04. The van der Waals surface area contributed by atoms with Gasteiger partial charge < -0.3 is 9.32 Å². The van der Waals surface area contributed by atoms with E-state index >= 15 is 0 Å². The summed E-state index contributed by atoms with van der Waals surface area (Å²) in [5, 5.41) is 7.16. The molecule has 0 fully saturated rings. The number of furan rings is 1. The third kappa shape index (κ3) is 4.19. The van der Waals surface area contributed by atoms with Crippen LogP contribution >= 0.6 is 0 Å². The number of hydrogen-bond donors (Lipinski definition) is 0. The lowest BCUT2D eigenvalue weighted by molar-refractivity contribution is 0.669. The molecule has 1 heterocycles. The lowest BCUT2D eigenvalue weighted by atomic mass is 9.85. The predicted molar refractivity (Wildman–Crippen MR) is 194 cm³/mol. The molecule has 0 aliphatic rings. The Morgan fingerprint density at radius 1 is 0.348 bits per heavy atom. The monoisotopic (exact) mass is 587 g/mol. The minimum Gasteiger partial charge on any atom is -0.454 e. The Kier molecular flexibility index (Phi) is 6.17. The SMILES string of the molecule is c1ccc(-c2c(-c3ccccc3)c3cc(N(c4ccccc4)c4cccc5c4oc4ccccc45)ccc3c3ccccc23)cc1. The molecule has 8 aromatic carbocycles. The third-order valence-corrected chi connectivity index (χ3v) is 9.03. The second-order valence-corrected chi connectivity index (χ2v) is 11.7. The van der Waals surface area contributed by atoms with E-state index in [2.05, 4.69) is 169 Å². The van der Waals surface area contributed by atoms with Gasteiger partial charge in [-0.05, 0) is 80.2 Å². The van der Waals surface area contributed by atoms with Crippen molar-refractivity contribution in [1.82, 2.24) is 0 Å². The van der Waals surface area contributed by atoms with Crippen LogP contribution in [0.25, 0.3) is 65.7 Å². The molecule has 0 unspecified atom stereocenters. The van der Waals surface area contributed by atoms with E-state index < -0.39 is 0 Å². The van der Waals surface area contributed by atoms with Gasteiger partial charge in [0.05, 0.1) is 5.69 Å². The van der Waals surface area contributed by atoms with Crippen molar-refractivity contribution in [2.75, 3.05) is 4.90 Å². The maximum Gasteiger partial charge on any atom is 0.159 e. The molecule has 9 rings (SSSR count). The van der Waals surface area contributed by atoms with Crippen molar-refractivity contribution in [3.8, 4) is 22.3 Å². The molecule has 0 aliphatic carbocycles. The third-order valence-electron chi connectivity index (χ3n) is 9.03. The average Bonchev–Trinajstić information content (AvgIpc) is 3.52. The Balaban J connectivity index is 1.40. The van der Waals surface area contributed by atoms with Crippen LogP contribution in [0, 0.1) is 0 Å².